The zero-order chi connectivity index (χ0) is 33.9. The van der Waals surface area contributed by atoms with Gasteiger partial charge in [0.2, 0.25) is 0 Å². The van der Waals surface area contributed by atoms with E-state index in [2.05, 4.69) is 5.32 Å². The molecule has 1 aromatic heterocycles. The second-order valence-corrected chi connectivity index (χ2v) is 12.6. The zero-order valence-electron chi connectivity index (χ0n) is 27.1. The van der Waals surface area contributed by atoms with Crippen molar-refractivity contribution in [2.24, 2.45) is 0 Å². The summed E-state index contributed by atoms with van der Waals surface area (Å²) in [5.74, 6) is -1.04. The molecule has 0 bridgehead atoms. The predicted molar refractivity (Wildman–Crippen MR) is 175 cm³/mol. The molecule has 0 radical (unpaired) electrons. The second-order valence-electron chi connectivity index (χ2n) is 12.6. The molecule has 4 aromatic rings. The minimum atomic E-state index is -0.803. The number of anilines is 1. The summed E-state index contributed by atoms with van der Waals surface area (Å²) in [6.07, 6.45) is 1.80. The molecule has 1 aliphatic heterocycles. The Labute approximate surface area is 271 Å². The number of hydrogen-bond acceptors (Lipinski definition) is 6. The van der Waals surface area contributed by atoms with Crippen LogP contribution < -0.4 is 21.3 Å². The van der Waals surface area contributed by atoms with Crippen LogP contribution in [0.2, 0.25) is 0 Å². The molecule has 2 heterocycles. The van der Waals surface area contributed by atoms with Crippen molar-refractivity contribution in [3.05, 3.63) is 116 Å². The van der Waals surface area contributed by atoms with E-state index in [0.717, 1.165) is 36.0 Å². The summed E-state index contributed by atoms with van der Waals surface area (Å²) in [7, 11) is 0. The van der Waals surface area contributed by atoms with E-state index >= 15 is 0 Å². The van der Waals surface area contributed by atoms with Crippen LogP contribution in [-0.2, 0) is 16.0 Å². The summed E-state index contributed by atoms with van der Waals surface area (Å²) in [6.45, 7) is 8.75. The molecule has 1 saturated heterocycles. The lowest BCUT2D eigenvalue weighted by atomic mass is 10.0. The van der Waals surface area contributed by atoms with Crippen LogP contribution >= 0.6 is 0 Å². The summed E-state index contributed by atoms with van der Waals surface area (Å²) < 4.78 is 48.8. The van der Waals surface area contributed by atoms with Crippen LogP contribution in [0.3, 0.4) is 0 Å². The van der Waals surface area contributed by atoms with E-state index in [4.69, 9.17) is 14.2 Å². The molecular formula is C36H39F2N3O6. The third-order valence-electron chi connectivity index (χ3n) is 7.99. The van der Waals surface area contributed by atoms with Gasteiger partial charge in [-0.25, -0.2) is 18.4 Å². The highest BCUT2D eigenvalue weighted by Crippen LogP contribution is 2.27. The van der Waals surface area contributed by atoms with E-state index < -0.39 is 47.2 Å². The topological polar surface area (TPSA) is 101 Å². The van der Waals surface area contributed by atoms with Crippen molar-refractivity contribution in [3.63, 3.8) is 0 Å². The maximum Gasteiger partial charge on any atom is 0.412 e. The lowest BCUT2D eigenvalue weighted by molar-refractivity contribution is -0.105. The average Bonchev–Trinajstić information content (AvgIpc) is 3.01. The van der Waals surface area contributed by atoms with E-state index in [-0.39, 0.29) is 23.1 Å². The Morgan fingerprint density at radius 2 is 1.66 bits per heavy atom. The summed E-state index contributed by atoms with van der Waals surface area (Å²) in [4.78, 5) is 40.4. The number of nitrogens with one attached hydrogen (secondary N) is 1. The maximum atomic E-state index is 14.8. The van der Waals surface area contributed by atoms with Crippen molar-refractivity contribution in [2.45, 2.75) is 78.4 Å². The zero-order valence-corrected chi connectivity index (χ0v) is 27.1. The Balaban J connectivity index is 1.55. The average molecular weight is 648 g/mol. The molecule has 1 fully saturated rings. The van der Waals surface area contributed by atoms with Gasteiger partial charge < -0.3 is 14.2 Å². The van der Waals surface area contributed by atoms with Crippen molar-refractivity contribution in [3.8, 4) is 16.9 Å². The summed E-state index contributed by atoms with van der Waals surface area (Å²) in [6, 6.07) is 16.2. The van der Waals surface area contributed by atoms with Gasteiger partial charge >= 0.3 is 11.8 Å². The van der Waals surface area contributed by atoms with Gasteiger partial charge in [-0.15, -0.1) is 0 Å². The van der Waals surface area contributed by atoms with Gasteiger partial charge in [0.05, 0.1) is 24.8 Å². The molecule has 0 saturated carbocycles. The van der Waals surface area contributed by atoms with Crippen LogP contribution in [0.4, 0.5) is 19.3 Å². The van der Waals surface area contributed by atoms with Gasteiger partial charge in [-0.1, -0.05) is 30.3 Å². The van der Waals surface area contributed by atoms with E-state index in [1.165, 1.54) is 10.6 Å². The Morgan fingerprint density at radius 3 is 2.26 bits per heavy atom. The minimum absolute atomic E-state index is 0.205. The Bertz CT molecular complexity index is 1830. The van der Waals surface area contributed by atoms with Crippen molar-refractivity contribution in [1.29, 1.82) is 0 Å². The second kappa shape index (κ2) is 13.9. The molecule has 5 rings (SSSR count). The smallest absolute Gasteiger partial charge is 0.412 e. The van der Waals surface area contributed by atoms with Gasteiger partial charge in [0.25, 0.3) is 5.56 Å². The van der Waals surface area contributed by atoms with Gasteiger partial charge in [-0.05, 0) is 95.0 Å². The fourth-order valence-corrected chi connectivity index (χ4v) is 5.54. The molecule has 0 unspecified atom stereocenters. The number of nitrogens with zero attached hydrogens (tertiary/aromatic N) is 2. The first-order chi connectivity index (χ1) is 22.3. The fourth-order valence-electron chi connectivity index (χ4n) is 5.54. The molecule has 0 spiro atoms. The minimum Gasteiger partial charge on any atom is -0.465 e. The number of amides is 1. The molecular weight excluding hydrogens is 608 g/mol. The van der Waals surface area contributed by atoms with Crippen LogP contribution in [0.1, 0.15) is 69.8 Å². The number of rotatable bonds is 8. The van der Waals surface area contributed by atoms with Crippen molar-refractivity contribution in [2.75, 3.05) is 11.9 Å². The first-order valence-electron chi connectivity index (χ1n) is 15.6. The molecule has 11 heteroatoms. The first kappa shape index (κ1) is 33.6. The van der Waals surface area contributed by atoms with Gasteiger partial charge in [0.15, 0.2) is 6.29 Å². The van der Waals surface area contributed by atoms with Crippen LogP contribution in [0.15, 0.2) is 76.3 Å². The highest BCUT2D eigenvalue weighted by Gasteiger charge is 2.24. The number of aromatic nitrogens is 2. The molecule has 1 aliphatic rings. The molecule has 0 aliphatic carbocycles. The van der Waals surface area contributed by atoms with E-state index in [1.807, 2.05) is 0 Å². The quantitative estimate of drug-likeness (QED) is 0.218. The van der Waals surface area contributed by atoms with Crippen LogP contribution in [-0.4, -0.2) is 33.7 Å². The maximum absolute atomic E-state index is 14.8. The number of carbonyl (C=O) groups excluding carboxylic acids is 1. The van der Waals surface area contributed by atoms with Gasteiger partial charge in [0, 0.05) is 23.4 Å². The van der Waals surface area contributed by atoms with E-state index in [0.29, 0.717) is 29.2 Å². The molecule has 1 amide bonds. The Hall–Kier alpha value is -4.77. The van der Waals surface area contributed by atoms with Crippen molar-refractivity contribution >= 4 is 11.8 Å². The highest BCUT2D eigenvalue weighted by atomic mass is 19.1. The Kier molecular flexibility index (Phi) is 9.95. The lowest BCUT2D eigenvalue weighted by Gasteiger charge is -2.24. The predicted octanol–water partition coefficient (Wildman–Crippen LogP) is 7.17. The molecule has 3 aromatic carbocycles. The molecule has 47 heavy (non-hydrogen) atoms. The van der Waals surface area contributed by atoms with Gasteiger partial charge in [-0.3, -0.25) is 19.2 Å². The molecule has 1 N–H and O–H groups in total. The third kappa shape index (κ3) is 7.79. The van der Waals surface area contributed by atoms with Crippen LogP contribution in [0.5, 0.6) is 5.75 Å². The number of ether oxygens (including phenoxy) is 3. The fraction of sp³-hybridized carbons (Fsp3) is 0.361. The first-order valence-corrected chi connectivity index (χ1v) is 15.6. The third-order valence-corrected chi connectivity index (χ3v) is 7.99. The normalized spacial score (nSPS) is 15.6. The van der Waals surface area contributed by atoms with Crippen molar-refractivity contribution < 1.29 is 27.8 Å². The Morgan fingerprint density at radius 1 is 1.00 bits per heavy atom. The molecule has 248 valence electrons. The number of benzene rings is 3. The number of carbonyl (C=O) groups is 1. The lowest BCUT2D eigenvalue weighted by Crippen LogP contribution is -2.44. The van der Waals surface area contributed by atoms with E-state index in [9.17, 15) is 23.2 Å². The summed E-state index contributed by atoms with van der Waals surface area (Å²) in [5.41, 5.74) is -0.244. The number of halogens is 2. The van der Waals surface area contributed by atoms with Crippen LogP contribution in [0, 0.1) is 18.6 Å². The van der Waals surface area contributed by atoms with Crippen LogP contribution in [0.25, 0.3) is 11.1 Å². The standard InChI is InChI=1S/C36H39F2N3O6/c1-22(24-12-16-26(17-13-24)39-34(43)47-36(3,4)5)41-33(42)32(25-14-18-27(19-15-25)46-31-11-6-7-20-45-31)23(2)40(35(41)44)21-28-29(37)9-8-10-30(28)38/h8-10,12-19,22,31H,6-7,11,20-21H2,1-5H3,(H,39,43)/t22-,31-/m1/s1. The summed E-state index contributed by atoms with van der Waals surface area (Å²) >= 11 is 0. The molecule has 9 nitrogen and oxygen atoms in total. The highest BCUT2D eigenvalue weighted by molar-refractivity contribution is 5.84. The van der Waals surface area contributed by atoms with Gasteiger partial charge in [-0.2, -0.15) is 0 Å². The van der Waals surface area contributed by atoms with Gasteiger partial charge in [0.1, 0.15) is 23.0 Å². The summed E-state index contributed by atoms with van der Waals surface area (Å²) in [5, 5.41) is 2.66. The van der Waals surface area contributed by atoms with E-state index in [1.54, 1.807) is 83.1 Å². The number of hydrogen-bond donors (Lipinski definition) is 1. The SMILES string of the molecule is Cc1c(-c2ccc(O[C@@H]3CCCCO3)cc2)c(=O)n([C@H](C)c2ccc(NC(=O)OC(C)(C)C)cc2)c(=O)n1Cc1c(F)cccc1F. The van der Waals surface area contributed by atoms with Crippen molar-refractivity contribution in [1.82, 2.24) is 9.13 Å². The molecule has 2 atom stereocenters. The largest absolute Gasteiger partial charge is 0.465 e. The monoisotopic (exact) mass is 647 g/mol.